The fourth-order valence-corrected chi connectivity index (χ4v) is 4.28. The summed E-state index contributed by atoms with van der Waals surface area (Å²) in [7, 11) is 0. The van der Waals surface area contributed by atoms with E-state index in [0.29, 0.717) is 18.7 Å². The third kappa shape index (κ3) is 3.83. The molecule has 1 N–H and O–H groups in total. The SMILES string of the molecule is CC(=O)N1CCc2cc(C(=O)NCC(c3ccco3)N3CCCCC3)ccc21. The van der Waals surface area contributed by atoms with Crippen LogP contribution in [0.3, 0.4) is 0 Å². The molecule has 1 fully saturated rings. The maximum atomic E-state index is 12.8. The summed E-state index contributed by atoms with van der Waals surface area (Å²) in [5.41, 5.74) is 2.62. The number of benzene rings is 1. The summed E-state index contributed by atoms with van der Waals surface area (Å²) in [5, 5.41) is 3.09. The number of amides is 2. The van der Waals surface area contributed by atoms with E-state index in [2.05, 4.69) is 10.2 Å². The van der Waals surface area contributed by atoms with E-state index in [4.69, 9.17) is 4.42 Å². The average molecular weight is 381 g/mol. The van der Waals surface area contributed by atoms with Crippen LogP contribution >= 0.6 is 0 Å². The number of fused-ring (bicyclic) bond motifs is 1. The Labute approximate surface area is 165 Å². The van der Waals surface area contributed by atoms with Gasteiger partial charge in [-0.3, -0.25) is 14.5 Å². The molecule has 28 heavy (non-hydrogen) atoms. The number of furan rings is 1. The van der Waals surface area contributed by atoms with Gasteiger partial charge in [0.25, 0.3) is 5.91 Å². The predicted octanol–water partition coefficient (Wildman–Crippen LogP) is 3.15. The standard InChI is InChI=1S/C22H27N3O3/c1-16(26)25-12-9-17-14-18(7-8-19(17)25)22(27)23-15-20(21-6-5-13-28-21)24-10-3-2-4-11-24/h5-8,13-14,20H,2-4,9-12,15H2,1H3,(H,23,27). The van der Waals surface area contributed by atoms with Crippen LogP contribution in [-0.4, -0.2) is 42.9 Å². The molecule has 4 rings (SSSR count). The Balaban J connectivity index is 1.45. The molecular weight excluding hydrogens is 354 g/mol. The molecule has 1 aromatic carbocycles. The van der Waals surface area contributed by atoms with Crippen molar-refractivity contribution in [2.75, 3.05) is 31.1 Å². The van der Waals surface area contributed by atoms with Crippen molar-refractivity contribution in [2.24, 2.45) is 0 Å². The smallest absolute Gasteiger partial charge is 0.251 e. The zero-order valence-electron chi connectivity index (χ0n) is 16.3. The summed E-state index contributed by atoms with van der Waals surface area (Å²) in [4.78, 5) is 28.6. The van der Waals surface area contributed by atoms with Crippen LogP contribution in [0.5, 0.6) is 0 Å². The summed E-state index contributed by atoms with van der Waals surface area (Å²) < 4.78 is 5.65. The van der Waals surface area contributed by atoms with Crippen LogP contribution in [0.2, 0.25) is 0 Å². The van der Waals surface area contributed by atoms with Crippen molar-refractivity contribution in [3.8, 4) is 0 Å². The van der Waals surface area contributed by atoms with Gasteiger partial charge in [-0.25, -0.2) is 0 Å². The van der Waals surface area contributed by atoms with Gasteiger partial charge in [-0.05, 0) is 68.2 Å². The van der Waals surface area contributed by atoms with Crippen LogP contribution in [0.15, 0.2) is 41.0 Å². The van der Waals surface area contributed by atoms with Crippen LogP contribution in [0, 0.1) is 0 Å². The predicted molar refractivity (Wildman–Crippen MR) is 107 cm³/mol. The number of nitrogens with zero attached hydrogens (tertiary/aromatic N) is 2. The fourth-order valence-electron chi connectivity index (χ4n) is 4.28. The summed E-state index contributed by atoms with van der Waals surface area (Å²) in [6, 6.07) is 9.54. The molecule has 0 radical (unpaired) electrons. The first-order chi connectivity index (χ1) is 13.6. The minimum atomic E-state index is -0.0855. The fraction of sp³-hybridized carbons (Fsp3) is 0.455. The van der Waals surface area contributed by atoms with E-state index >= 15 is 0 Å². The minimum Gasteiger partial charge on any atom is -0.468 e. The van der Waals surface area contributed by atoms with Crippen molar-refractivity contribution >= 4 is 17.5 Å². The number of likely N-dealkylation sites (tertiary alicyclic amines) is 1. The topological polar surface area (TPSA) is 65.8 Å². The van der Waals surface area contributed by atoms with Gasteiger partial charge in [-0.15, -0.1) is 0 Å². The highest BCUT2D eigenvalue weighted by Crippen LogP contribution is 2.29. The van der Waals surface area contributed by atoms with Crippen molar-refractivity contribution in [1.29, 1.82) is 0 Å². The average Bonchev–Trinajstić information content (AvgIpc) is 3.38. The largest absolute Gasteiger partial charge is 0.468 e. The molecule has 3 heterocycles. The van der Waals surface area contributed by atoms with Crippen molar-refractivity contribution in [3.05, 3.63) is 53.5 Å². The zero-order chi connectivity index (χ0) is 19.5. The van der Waals surface area contributed by atoms with E-state index in [1.165, 1.54) is 19.3 Å². The molecule has 6 nitrogen and oxygen atoms in total. The van der Waals surface area contributed by atoms with Crippen LogP contribution in [0.25, 0.3) is 0 Å². The van der Waals surface area contributed by atoms with Gasteiger partial charge in [-0.2, -0.15) is 0 Å². The molecule has 6 heteroatoms. The Bertz CT molecular complexity index is 841. The highest BCUT2D eigenvalue weighted by molar-refractivity contribution is 5.97. The molecule has 1 aromatic heterocycles. The summed E-state index contributed by atoms with van der Waals surface area (Å²) in [6.45, 7) is 4.83. The quantitative estimate of drug-likeness (QED) is 0.864. The second kappa shape index (κ2) is 8.19. The number of hydrogen-bond acceptors (Lipinski definition) is 4. The lowest BCUT2D eigenvalue weighted by atomic mass is 10.1. The van der Waals surface area contributed by atoms with Crippen molar-refractivity contribution in [2.45, 2.75) is 38.6 Å². The highest BCUT2D eigenvalue weighted by atomic mass is 16.3. The molecule has 0 aliphatic carbocycles. The molecule has 1 saturated heterocycles. The van der Waals surface area contributed by atoms with Gasteiger partial charge in [0.15, 0.2) is 0 Å². The lowest BCUT2D eigenvalue weighted by Crippen LogP contribution is -2.40. The number of hydrogen-bond donors (Lipinski definition) is 1. The van der Waals surface area contributed by atoms with Gasteiger partial charge in [0, 0.05) is 31.3 Å². The molecule has 2 aliphatic heterocycles. The number of piperidine rings is 1. The van der Waals surface area contributed by atoms with Crippen molar-refractivity contribution in [1.82, 2.24) is 10.2 Å². The molecule has 2 amide bonds. The van der Waals surface area contributed by atoms with Gasteiger partial charge < -0.3 is 14.6 Å². The normalized spacial score (nSPS) is 18.0. The molecule has 0 spiro atoms. The molecule has 1 atom stereocenters. The van der Waals surface area contributed by atoms with E-state index < -0.39 is 0 Å². The molecule has 2 aliphatic rings. The summed E-state index contributed by atoms with van der Waals surface area (Å²) in [6.07, 6.45) is 6.11. The Morgan fingerprint density at radius 3 is 2.68 bits per heavy atom. The van der Waals surface area contributed by atoms with Crippen LogP contribution < -0.4 is 10.2 Å². The number of nitrogens with one attached hydrogen (secondary N) is 1. The first-order valence-corrected chi connectivity index (χ1v) is 10.1. The molecule has 1 unspecified atom stereocenters. The summed E-state index contributed by atoms with van der Waals surface area (Å²) in [5.74, 6) is 0.852. The lowest BCUT2D eigenvalue weighted by Gasteiger charge is -2.33. The molecule has 148 valence electrons. The number of carbonyl (C=O) groups is 2. The van der Waals surface area contributed by atoms with E-state index in [-0.39, 0.29) is 17.9 Å². The first-order valence-electron chi connectivity index (χ1n) is 10.1. The molecular formula is C22H27N3O3. The van der Waals surface area contributed by atoms with Gasteiger partial charge >= 0.3 is 0 Å². The number of rotatable bonds is 5. The van der Waals surface area contributed by atoms with Gasteiger partial charge in [0.2, 0.25) is 5.91 Å². The maximum absolute atomic E-state index is 12.8. The third-order valence-electron chi connectivity index (χ3n) is 5.78. The second-order valence-corrected chi connectivity index (χ2v) is 7.60. The second-order valence-electron chi connectivity index (χ2n) is 7.60. The van der Waals surface area contributed by atoms with E-state index in [1.807, 2.05) is 24.3 Å². The molecule has 0 saturated carbocycles. The monoisotopic (exact) mass is 381 g/mol. The van der Waals surface area contributed by atoms with Gasteiger partial charge in [0.1, 0.15) is 5.76 Å². The van der Waals surface area contributed by atoms with Crippen LogP contribution in [0.4, 0.5) is 5.69 Å². The van der Waals surface area contributed by atoms with Gasteiger partial charge in [0.05, 0.1) is 12.3 Å². The zero-order valence-corrected chi connectivity index (χ0v) is 16.3. The number of carbonyl (C=O) groups excluding carboxylic acids is 2. The van der Waals surface area contributed by atoms with Gasteiger partial charge in [-0.1, -0.05) is 6.42 Å². The molecule has 0 bridgehead atoms. The number of anilines is 1. The van der Waals surface area contributed by atoms with Crippen LogP contribution in [-0.2, 0) is 11.2 Å². The maximum Gasteiger partial charge on any atom is 0.251 e. The Kier molecular flexibility index (Phi) is 5.48. The minimum absolute atomic E-state index is 0.0405. The van der Waals surface area contributed by atoms with E-state index in [0.717, 1.165) is 36.5 Å². The van der Waals surface area contributed by atoms with Crippen molar-refractivity contribution < 1.29 is 14.0 Å². The molecule has 2 aromatic rings. The lowest BCUT2D eigenvalue weighted by molar-refractivity contribution is -0.116. The van der Waals surface area contributed by atoms with E-state index in [9.17, 15) is 9.59 Å². The highest BCUT2D eigenvalue weighted by Gasteiger charge is 2.26. The Morgan fingerprint density at radius 1 is 1.14 bits per heavy atom. The Morgan fingerprint density at radius 2 is 1.96 bits per heavy atom. The first kappa shape index (κ1) is 18.7. The summed E-state index contributed by atoms with van der Waals surface area (Å²) >= 11 is 0. The third-order valence-corrected chi connectivity index (χ3v) is 5.78. The van der Waals surface area contributed by atoms with Crippen molar-refractivity contribution in [3.63, 3.8) is 0 Å². The van der Waals surface area contributed by atoms with E-state index in [1.54, 1.807) is 24.2 Å². The Hall–Kier alpha value is -2.60. The van der Waals surface area contributed by atoms with Crippen LogP contribution in [0.1, 0.15) is 53.9 Å².